The molecule has 19 heavy (non-hydrogen) atoms. The SMILES string of the molecule is CC(C)N(Cc1cccs1)c1snc(N)c1C(N)=O. The van der Waals surface area contributed by atoms with Crippen LogP contribution >= 0.6 is 22.9 Å². The fourth-order valence-electron chi connectivity index (χ4n) is 1.78. The number of nitrogen functional groups attached to an aromatic ring is 1. The van der Waals surface area contributed by atoms with Crippen molar-refractivity contribution in [3.63, 3.8) is 0 Å². The number of nitrogens with zero attached hydrogens (tertiary/aromatic N) is 2. The Morgan fingerprint density at radius 3 is 2.79 bits per heavy atom. The molecule has 2 aromatic heterocycles. The van der Waals surface area contributed by atoms with E-state index in [-0.39, 0.29) is 11.9 Å². The Bertz CT molecular complexity index is 562. The van der Waals surface area contributed by atoms with Gasteiger partial charge in [0.1, 0.15) is 10.6 Å². The van der Waals surface area contributed by atoms with Crippen molar-refractivity contribution in [2.45, 2.75) is 26.4 Å². The van der Waals surface area contributed by atoms with Gasteiger partial charge in [-0.2, -0.15) is 4.37 Å². The normalized spacial score (nSPS) is 10.9. The van der Waals surface area contributed by atoms with Crippen molar-refractivity contribution in [2.24, 2.45) is 5.73 Å². The molecule has 0 fully saturated rings. The van der Waals surface area contributed by atoms with Gasteiger partial charge in [-0.05, 0) is 36.8 Å². The topological polar surface area (TPSA) is 85.2 Å². The molecule has 0 saturated heterocycles. The molecule has 0 bridgehead atoms. The number of nitrogens with two attached hydrogens (primary N) is 2. The number of rotatable bonds is 5. The molecule has 0 aliphatic carbocycles. The lowest BCUT2D eigenvalue weighted by Gasteiger charge is -2.27. The zero-order valence-electron chi connectivity index (χ0n) is 10.8. The minimum atomic E-state index is -0.530. The number of thiophene rings is 1. The summed E-state index contributed by atoms with van der Waals surface area (Å²) >= 11 is 2.90. The molecule has 2 aromatic rings. The fourth-order valence-corrected chi connectivity index (χ4v) is 3.44. The van der Waals surface area contributed by atoms with Crippen LogP contribution in [0.1, 0.15) is 29.1 Å². The molecule has 0 aliphatic rings. The zero-order chi connectivity index (χ0) is 14.0. The lowest BCUT2D eigenvalue weighted by atomic mass is 10.2. The van der Waals surface area contributed by atoms with Crippen LogP contribution in [-0.2, 0) is 6.54 Å². The van der Waals surface area contributed by atoms with Crippen LogP contribution in [0, 0.1) is 0 Å². The lowest BCUT2D eigenvalue weighted by Crippen LogP contribution is -2.31. The minimum absolute atomic E-state index is 0.212. The monoisotopic (exact) mass is 296 g/mol. The maximum Gasteiger partial charge on any atom is 0.255 e. The molecule has 4 N–H and O–H groups in total. The van der Waals surface area contributed by atoms with Gasteiger partial charge in [-0.15, -0.1) is 11.3 Å². The molecular formula is C12H16N4OS2. The highest BCUT2D eigenvalue weighted by Crippen LogP contribution is 2.33. The van der Waals surface area contributed by atoms with E-state index < -0.39 is 5.91 Å². The molecule has 102 valence electrons. The summed E-state index contributed by atoms with van der Waals surface area (Å²) in [4.78, 5) is 14.8. The number of carbonyl (C=O) groups excluding carboxylic acids is 1. The number of hydrogen-bond acceptors (Lipinski definition) is 6. The first kappa shape index (κ1) is 13.8. The van der Waals surface area contributed by atoms with Crippen molar-refractivity contribution >= 4 is 39.6 Å². The number of hydrogen-bond donors (Lipinski definition) is 2. The van der Waals surface area contributed by atoms with Gasteiger partial charge in [0.15, 0.2) is 5.82 Å². The van der Waals surface area contributed by atoms with E-state index >= 15 is 0 Å². The second-order valence-electron chi connectivity index (χ2n) is 4.41. The molecule has 0 aliphatic heterocycles. The van der Waals surface area contributed by atoms with E-state index in [2.05, 4.69) is 29.2 Å². The molecular weight excluding hydrogens is 280 g/mol. The second kappa shape index (κ2) is 5.58. The Balaban J connectivity index is 2.37. The Hall–Kier alpha value is -1.60. The van der Waals surface area contributed by atoms with Gasteiger partial charge in [0, 0.05) is 10.9 Å². The molecule has 0 saturated carbocycles. The van der Waals surface area contributed by atoms with Gasteiger partial charge in [0.2, 0.25) is 0 Å². The van der Waals surface area contributed by atoms with Gasteiger partial charge in [-0.3, -0.25) is 4.79 Å². The van der Waals surface area contributed by atoms with Crippen LogP contribution in [0.3, 0.4) is 0 Å². The smallest absolute Gasteiger partial charge is 0.255 e. The van der Waals surface area contributed by atoms with E-state index in [1.807, 2.05) is 11.4 Å². The maximum absolute atomic E-state index is 11.5. The van der Waals surface area contributed by atoms with Crippen LogP contribution in [0.2, 0.25) is 0 Å². The van der Waals surface area contributed by atoms with Crippen molar-refractivity contribution in [3.8, 4) is 0 Å². The summed E-state index contributed by atoms with van der Waals surface area (Å²) in [5, 5.41) is 2.78. The van der Waals surface area contributed by atoms with E-state index in [1.165, 1.54) is 16.4 Å². The number of carbonyl (C=O) groups is 1. The molecule has 1 amide bonds. The third kappa shape index (κ3) is 2.87. The van der Waals surface area contributed by atoms with Gasteiger partial charge in [-0.25, -0.2) is 0 Å². The second-order valence-corrected chi connectivity index (χ2v) is 6.20. The summed E-state index contributed by atoms with van der Waals surface area (Å²) in [6.07, 6.45) is 0. The third-order valence-electron chi connectivity index (χ3n) is 2.74. The molecule has 7 heteroatoms. The average Bonchev–Trinajstić information content (AvgIpc) is 2.94. The fraction of sp³-hybridized carbons (Fsp3) is 0.333. The summed E-state index contributed by atoms with van der Waals surface area (Å²) in [5.41, 5.74) is 11.5. The summed E-state index contributed by atoms with van der Waals surface area (Å²) in [6, 6.07) is 4.29. The van der Waals surface area contributed by atoms with Gasteiger partial charge >= 0.3 is 0 Å². The molecule has 2 heterocycles. The van der Waals surface area contributed by atoms with Crippen molar-refractivity contribution in [2.75, 3.05) is 10.6 Å². The van der Waals surface area contributed by atoms with Crippen molar-refractivity contribution in [1.82, 2.24) is 4.37 Å². The van der Waals surface area contributed by atoms with Gasteiger partial charge in [0.05, 0.1) is 6.54 Å². The first-order valence-electron chi connectivity index (χ1n) is 5.84. The first-order chi connectivity index (χ1) is 9.00. The predicted molar refractivity (Wildman–Crippen MR) is 80.7 cm³/mol. The highest BCUT2D eigenvalue weighted by atomic mass is 32.1. The number of amides is 1. The quantitative estimate of drug-likeness (QED) is 0.886. The highest BCUT2D eigenvalue weighted by molar-refractivity contribution is 7.11. The molecule has 0 atom stereocenters. The summed E-state index contributed by atoms with van der Waals surface area (Å²) < 4.78 is 4.05. The maximum atomic E-state index is 11.5. The molecule has 0 aromatic carbocycles. The van der Waals surface area contributed by atoms with Gasteiger partial charge in [-0.1, -0.05) is 6.07 Å². The first-order valence-corrected chi connectivity index (χ1v) is 7.50. The molecule has 5 nitrogen and oxygen atoms in total. The van der Waals surface area contributed by atoms with E-state index in [0.717, 1.165) is 11.5 Å². The Labute approximate surface area is 120 Å². The summed E-state index contributed by atoms with van der Waals surface area (Å²) in [7, 11) is 0. The van der Waals surface area contributed by atoms with Crippen LogP contribution < -0.4 is 16.4 Å². The molecule has 0 unspecified atom stereocenters. The van der Waals surface area contributed by atoms with Crippen molar-refractivity contribution in [1.29, 1.82) is 0 Å². The highest BCUT2D eigenvalue weighted by Gasteiger charge is 2.23. The third-order valence-corrected chi connectivity index (χ3v) is 4.50. The minimum Gasteiger partial charge on any atom is -0.382 e. The lowest BCUT2D eigenvalue weighted by molar-refractivity contribution is 0.100. The van der Waals surface area contributed by atoms with Crippen LogP contribution in [0.4, 0.5) is 10.8 Å². The average molecular weight is 296 g/mol. The molecule has 0 spiro atoms. The van der Waals surface area contributed by atoms with Crippen molar-refractivity contribution in [3.05, 3.63) is 28.0 Å². The predicted octanol–water partition coefficient (Wildman–Crippen LogP) is 2.30. The number of aromatic nitrogens is 1. The number of anilines is 2. The Morgan fingerprint density at radius 2 is 2.26 bits per heavy atom. The Kier molecular flexibility index (Phi) is 4.06. The van der Waals surface area contributed by atoms with Crippen LogP contribution in [-0.4, -0.2) is 16.3 Å². The van der Waals surface area contributed by atoms with Crippen molar-refractivity contribution < 1.29 is 4.79 Å². The molecule has 0 radical (unpaired) electrons. The van der Waals surface area contributed by atoms with Crippen LogP contribution in [0.5, 0.6) is 0 Å². The van der Waals surface area contributed by atoms with Crippen LogP contribution in [0.15, 0.2) is 17.5 Å². The van der Waals surface area contributed by atoms with Gasteiger partial charge < -0.3 is 16.4 Å². The Morgan fingerprint density at radius 1 is 1.53 bits per heavy atom. The van der Waals surface area contributed by atoms with Gasteiger partial charge in [0.25, 0.3) is 5.91 Å². The zero-order valence-corrected chi connectivity index (χ0v) is 12.4. The van der Waals surface area contributed by atoms with E-state index in [0.29, 0.717) is 5.56 Å². The number of primary amides is 1. The van der Waals surface area contributed by atoms with E-state index in [4.69, 9.17) is 11.5 Å². The van der Waals surface area contributed by atoms with Crippen LogP contribution in [0.25, 0.3) is 0 Å². The largest absolute Gasteiger partial charge is 0.382 e. The summed E-state index contributed by atoms with van der Waals surface area (Å²) in [5.74, 6) is -0.317. The van der Waals surface area contributed by atoms with E-state index in [9.17, 15) is 4.79 Å². The summed E-state index contributed by atoms with van der Waals surface area (Å²) in [6.45, 7) is 4.85. The standard InChI is InChI=1S/C12H16N4OS2/c1-7(2)16(6-8-4-3-5-18-8)12-9(11(14)17)10(13)15-19-12/h3-5,7H,6H2,1-2H3,(H2,13,15)(H2,14,17). The molecule has 2 rings (SSSR count). The van der Waals surface area contributed by atoms with E-state index in [1.54, 1.807) is 11.3 Å².